The van der Waals surface area contributed by atoms with Crippen molar-refractivity contribution in [1.82, 2.24) is 0 Å². The number of nitrogens with two attached hydrogens (primary N) is 1. The average Bonchev–Trinajstić information content (AvgIpc) is 2.41. The van der Waals surface area contributed by atoms with Crippen molar-refractivity contribution in [3.8, 4) is 11.5 Å². The van der Waals surface area contributed by atoms with E-state index in [4.69, 9.17) is 10.5 Å². The molecule has 0 aliphatic carbocycles. The van der Waals surface area contributed by atoms with Crippen LogP contribution in [0.5, 0.6) is 11.5 Å². The Bertz CT molecular complexity index is 561. The summed E-state index contributed by atoms with van der Waals surface area (Å²) >= 11 is 0. The maximum absolute atomic E-state index is 6.15. The normalized spacial score (nSPS) is 12.4. The molecule has 0 heterocycles. The van der Waals surface area contributed by atoms with Crippen LogP contribution in [-0.4, -0.2) is 6.04 Å². The number of benzene rings is 2. The molecule has 0 spiro atoms. The fraction of sp³-hybridized carbons (Fsp3) is 0.333. The Labute approximate surface area is 121 Å². The van der Waals surface area contributed by atoms with Crippen molar-refractivity contribution in [2.24, 2.45) is 5.73 Å². The molecule has 2 rings (SSSR count). The summed E-state index contributed by atoms with van der Waals surface area (Å²) in [5, 5.41) is 0. The zero-order chi connectivity index (χ0) is 14.5. The van der Waals surface area contributed by atoms with Gasteiger partial charge in [-0.25, -0.2) is 0 Å². The van der Waals surface area contributed by atoms with E-state index < -0.39 is 0 Å². The third kappa shape index (κ3) is 3.61. The SMILES string of the molecule is CC(N)Cc1ccccc1Oc1ccccc1C(C)C. The third-order valence-electron chi connectivity index (χ3n) is 3.28. The number of hydrogen-bond acceptors (Lipinski definition) is 2. The molecule has 2 aromatic carbocycles. The van der Waals surface area contributed by atoms with Crippen LogP contribution in [0.2, 0.25) is 0 Å². The maximum Gasteiger partial charge on any atom is 0.130 e. The van der Waals surface area contributed by atoms with Gasteiger partial charge in [0.1, 0.15) is 11.5 Å². The molecule has 0 bridgehead atoms. The second-order valence-corrected chi connectivity index (χ2v) is 5.58. The van der Waals surface area contributed by atoms with Crippen molar-refractivity contribution >= 4 is 0 Å². The molecule has 2 N–H and O–H groups in total. The summed E-state index contributed by atoms with van der Waals surface area (Å²) in [6.45, 7) is 6.37. The first-order valence-corrected chi connectivity index (χ1v) is 7.18. The molecule has 0 amide bonds. The standard InChI is InChI=1S/C18H23NO/c1-13(2)16-9-5-7-11-18(16)20-17-10-6-4-8-15(17)12-14(3)19/h4-11,13-14H,12,19H2,1-3H3. The summed E-state index contributed by atoms with van der Waals surface area (Å²) in [7, 11) is 0. The minimum atomic E-state index is 0.125. The van der Waals surface area contributed by atoms with Crippen LogP contribution in [0.3, 0.4) is 0 Å². The van der Waals surface area contributed by atoms with Crippen molar-refractivity contribution in [3.63, 3.8) is 0 Å². The van der Waals surface area contributed by atoms with Crippen LogP contribution >= 0.6 is 0 Å². The lowest BCUT2D eigenvalue weighted by Crippen LogP contribution is -2.18. The van der Waals surface area contributed by atoms with E-state index in [1.807, 2.05) is 37.3 Å². The highest BCUT2D eigenvalue weighted by Gasteiger charge is 2.11. The average molecular weight is 269 g/mol. The second-order valence-electron chi connectivity index (χ2n) is 5.58. The van der Waals surface area contributed by atoms with Crippen LogP contribution in [0.4, 0.5) is 0 Å². The van der Waals surface area contributed by atoms with Gasteiger partial charge in [0.05, 0.1) is 0 Å². The van der Waals surface area contributed by atoms with Crippen molar-refractivity contribution in [2.75, 3.05) is 0 Å². The van der Waals surface area contributed by atoms with Gasteiger partial charge in [0, 0.05) is 6.04 Å². The van der Waals surface area contributed by atoms with Crippen molar-refractivity contribution in [2.45, 2.75) is 39.2 Å². The van der Waals surface area contributed by atoms with Gasteiger partial charge < -0.3 is 10.5 Å². The molecule has 0 fully saturated rings. The molecule has 0 radical (unpaired) electrons. The van der Waals surface area contributed by atoms with Crippen molar-refractivity contribution < 1.29 is 4.74 Å². The number of ether oxygens (including phenoxy) is 1. The predicted octanol–water partition coefficient (Wildman–Crippen LogP) is 4.49. The molecule has 0 aliphatic rings. The largest absolute Gasteiger partial charge is 0.457 e. The Balaban J connectivity index is 2.31. The summed E-state index contributed by atoms with van der Waals surface area (Å²) < 4.78 is 6.15. The van der Waals surface area contributed by atoms with E-state index in [2.05, 4.69) is 32.0 Å². The van der Waals surface area contributed by atoms with Crippen LogP contribution in [-0.2, 0) is 6.42 Å². The molecule has 2 aromatic rings. The highest BCUT2D eigenvalue weighted by Crippen LogP contribution is 2.32. The Hall–Kier alpha value is -1.80. The fourth-order valence-corrected chi connectivity index (χ4v) is 2.29. The van der Waals surface area contributed by atoms with E-state index in [0.717, 1.165) is 23.5 Å². The summed E-state index contributed by atoms with van der Waals surface area (Å²) in [5.74, 6) is 2.27. The summed E-state index contributed by atoms with van der Waals surface area (Å²) in [6, 6.07) is 16.4. The lowest BCUT2D eigenvalue weighted by Gasteiger charge is -2.16. The van der Waals surface area contributed by atoms with Crippen LogP contribution < -0.4 is 10.5 Å². The molecule has 1 unspecified atom stereocenters. The topological polar surface area (TPSA) is 35.2 Å². The molecular formula is C18H23NO. The van der Waals surface area contributed by atoms with Gasteiger partial charge in [0.25, 0.3) is 0 Å². The monoisotopic (exact) mass is 269 g/mol. The predicted molar refractivity (Wildman–Crippen MR) is 84.4 cm³/mol. The highest BCUT2D eigenvalue weighted by molar-refractivity contribution is 5.42. The smallest absolute Gasteiger partial charge is 0.130 e. The zero-order valence-electron chi connectivity index (χ0n) is 12.5. The molecule has 2 nitrogen and oxygen atoms in total. The van der Waals surface area contributed by atoms with Crippen LogP contribution in [0.15, 0.2) is 48.5 Å². The second kappa shape index (κ2) is 6.58. The first-order valence-electron chi connectivity index (χ1n) is 7.18. The Morgan fingerprint density at radius 3 is 2.15 bits per heavy atom. The summed E-state index contributed by atoms with van der Waals surface area (Å²) in [5.41, 5.74) is 8.29. The van der Waals surface area contributed by atoms with Crippen LogP contribution in [0, 0.1) is 0 Å². The minimum Gasteiger partial charge on any atom is -0.457 e. The van der Waals surface area contributed by atoms with E-state index in [1.165, 1.54) is 5.56 Å². The van der Waals surface area contributed by atoms with Crippen molar-refractivity contribution in [1.29, 1.82) is 0 Å². The number of rotatable bonds is 5. The Kier molecular flexibility index (Phi) is 4.80. The van der Waals surface area contributed by atoms with Gasteiger partial charge in [-0.15, -0.1) is 0 Å². The quantitative estimate of drug-likeness (QED) is 0.867. The van der Waals surface area contributed by atoms with E-state index in [1.54, 1.807) is 0 Å². The number of para-hydroxylation sites is 2. The molecule has 0 aromatic heterocycles. The van der Waals surface area contributed by atoms with E-state index in [-0.39, 0.29) is 6.04 Å². The highest BCUT2D eigenvalue weighted by atomic mass is 16.5. The van der Waals surface area contributed by atoms with E-state index >= 15 is 0 Å². The van der Waals surface area contributed by atoms with Gasteiger partial charge in [0.2, 0.25) is 0 Å². The van der Waals surface area contributed by atoms with Gasteiger partial charge in [0.15, 0.2) is 0 Å². The molecule has 0 aliphatic heterocycles. The minimum absolute atomic E-state index is 0.125. The van der Waals surface area contributed by atoms with Crippen LogP contribution in [0.25, 0.3) is 0 Å². The first kappa shape index (κ1) is 14.6. The number of hydrogen-bond donors (Lipinski definition) is 1. The molecule has 2 heteroatoms. The lowest BCUT2D eigenvalue weighted by atomic mass is 10.0. The van der Waals surface area contributed by atoms with E-state index in [0.29, 0.717) is 5.92 Å². The van der Waals surface area contributed by atoms with E-state index in [9.17, 15) is 0 Å². The molecule has 1 atom stereocenters. The van der Waals surface area contributed by atoms with Gasteiger partial charge in [-0.3, -0.25) is 0 Å². The van der Waals surface area contributed by atoms with Gasteiger partial charge in [-0.2, -0.15) is 0 Å². The Morgan fingerprint density at radius 2 is 1.50 bits per heavy atom. The maximum atomic E-state index is 6.15. The fourth-order valence-electron chi connectivity index (χ4n) is 2.29. The zero-order valence-corrected chi connectivity index (χ0v) is 12.5. The molecule has 106 valence electrons. The van der Waals surface area contributed by atoms with Crippen LogP contribution in [0.1, 0.15) is 37.8 Å². The molecular weight excluding hydrogens is 246 g/mol. The van der Waals surface area contributed by atoms with Gasteiger partial charge >= 0.3 is 0 Å². The third-order valence-corrected chi connectivity index (χ3v) is 3.28. The molecule has 0 saturated carbocycles. The van der Waals surface area contributed by atoms with Crippen molar-refractivity contribution in [3.05, 3.63) is 59.7 Å². The van der Waals surface area contributed by atoms with Gasteiger partial charge in [-0.05, 0) is 42.5 Å². The molecule has 0 saturated heterocycles. The van der Waals surface area contributed by atoms with Gasteiger partial charge in [-0.1, -0.05) is 50.2 Å². The molecule has 20 heavy (non-hydrogen) atoms. The summed E-state index contributed by atoms with van der Waals surface area (Å²) in [6.07, 6.45) is 0.819. The Morgan fingerprint density at radius 1 is 0.900 bits per heavy atom. The summed E-state index contributed by atoms with van der Waals surface area (Å²) in [4.78, 5) is 0. The first-order chi connectivity index (χ1) is 9.58. The lowest BCUT2D eigenvalue weighted by molar-refractivity contribution is 0.465.